The lowest BCUT2D eigenvalue weighted by Gasteiger charge is -2.26. The van der Waals surface area contributed by atoms with Gasteiger partial charge in [-0.3, -0.25) is 9.59 Å². The molecule has 0 spiro atoms. The number of nitrogens with zero attached hydrogens (tertiary/aromatic N) is 1. The molecular weight excluding hydrogens is 367 g/mol. The number of amides is 1. The summed E-state index contributed by atoms with van der Waals surface area (Å²) in [6.45, 7) is 2.27. The second-order valence-corrected chi connectivity index (χ2v) is 7.48. The molecule has 1 aromatic rings. The number of carbonyl (C=O) groups excluding carboxylic acids is 1. The first kappa shape index (κ1) is 19.7. The fourth-order valence-electron chi connectivity index (χ4n) is 1.80. The largest absolute Gasteiger partial charge is 0.480 e. The molecule has 0 saturated heterocycles. The molecule has 2 N–H and O–H groups in total. The first-order valence-electron chi connectivity index (χ1n) is 6.51. The summed E-state index contributed by atoms with van der Waals surface area (Å²) in [5.41, 5.74) is 0. The van der Waals surface area contributed by atoms with Gasteiger partial charge in [0.15, 0.2) is 0 Å². The quantitative estimate of drug-likeness (QED) is 0.744. The van der Waals surface area contributed by atoms with Gasteiger partial charge in [0.2, 0.25) is 15.9 Å². The highest BCUT2D eigenvalue weighted by Crippen LogP contribution is 2.25. The zero-order chi connectivity index (χ0) is 17.8. The van der Waals surface area contributed by atoms with Gasteiger partial charge in [-0.25, -0.2) is 8.42 Å². The summed E-state index contributed by atoms with van der Waals surface area (Å²) in [6.07, 6.45) is 0. The van der Waals surface area contributed by atoms with Crippen molar-refractivity contribution in [2.45, 2.75) is 24.8 Å². The molecule has 0 aliphatic carbocycles. The molecular formula is C13H16Cl2N2O5S. The Balaban J connectivity index is 3.21. The smallest absolute Gasteiger partial charge is 0.321 e. The van der Waals surface area contributed by atoms with Crippen LogP contribution < -0.4 is 5.32 Å². The monoisotopic (exact) mass is 382 g/mol. The Bertz CT molecular complexity index is 688. The number of nitrogens with one attached hydrogen (secondary N) is 1. The van der Waals surface area contributed by atoms with Crippen LogP contribution in [0.15, 0.2) is 23.1 Å². The van der Waals surface area contributed by atoms with Gasteiger partial charge >= 0.3 is 5.97 Å². The fraction of sp³-hybridized carbons (Fsp3) is 0.385. The lowest BCUT2D eigenvalue weighted by molar-refractivity contribution is -0.140. The number of aliphatic carboxylic acids is 1. The van der Waals surface area contributed by atoms with Gasteiger partial charge in [-0.1, -0.05) is 23.2 Å². The summed E-state index contributed by atoms with van der Waals surface area (Å²) in [6, 6.07) is 2.40. The van der Waals surface area contributed by atoms with Crippen LogP contribution in [-0.4, -0.2) is 48.8 Å². The summed E-state index contributed by atoms with van der Waals surface area (Å²) in [7, 11) is -4.16. The maximum Gasteiger partial charge on any atom is 0.321 e. The average molecular weight is 383 g/mol. The van der Waals surface area contributed by atoms with E-state index in [-0.39, 0.29) is 33.9 Å². The van der Waals surface area contributed by atoms with Crippen molar-refractivity contribution in [2.24, 2.45) is 0 Å². The minimum absolute atomic E-state index is 0.0273. The Morgan fingerprint density at radius 2 is 1.78 bits per heavy atom. The van der Waals surface area contributed by atoms with Crippen molar-refractivity contribution in [3.63, 3.8) is 0 Å². The maximum absolute atomic E-state index is 12.7. The molecule has 0 radical (unpaired) electrons. The average Bonchev–Trinajstić information content (AvgIpc) is 2.41. The van der Waals surface area contributed by atoms with E-state index in [0.29, 0.717) is 0 Å². The molecule has 0 aromatic heterocycles. The van der Waals surface area contributed by atoms with E-state index in [0.717, 1.165) is 4.31 Å². The van der Waals surface area contributed by atoms with Crippen LogP contribution in [0.25, 0.3) is 0 Å². The van der Waals surface area contributed by atoms with Crippen LogP contribution in [0.5, 0.6) is 0 Å². The third-order valence-electron chi connectivity index (χ3n) is 2.94. The lowest BCUT2D eigenvalue weighted by Crippen LogP contribution is -2.46. The van der Waals surface area contributed by atoms with Gasteiger partial charge in [0.1, 0.15) is 6.04 Å². The van der Waals surface area contributed by atoms with Crippen molar-refractivity contribution in [3.05, 3.63) is 28.2 Å². The van der Waals surface area contributed by atoms with E-state index in [1.165, 1.54) is 32.0 Å². The van der Waals surface area contributed by atoms with Gasteiger partial charge in [0.25, 0.3) is 0 Å². The van der Waals surface area contributed by atoms with Crippen LogP contribution in [0.4, 0.5) is 0 Å². The molecule has 7 nitrogen and oxygen atoms in total. The highest BCUT2D eigenvalue weighted by molar-refractivity contribution is 7.89. The summed E-state index contributed by atoms with van der Waals surface area (Å²) in [5.74, 6) is -1.67. The summed E-state index contributed by atoms with van der Waals surface area (Å²) < 4.78 is 26.2. The van der Waals surface area contributed by atoms with Gasteiger partial charge in [0.05, 0.1) is 4.90 Å². The molecule has 0 bridgehead atoms. The third-order valence-corrected chi connectivity index (χ3v) is 5.32. The zero-order valence-electron chi connectivity index (χ0n) is 12.4. The van der Waals surface area contributed by atoms with Gasteiger partial charge in [-0.2, -0.15) is 4.31 Å². The van der Waals surface area contributed by atoms with Crippen molar-refractivity contribution >= 4 is 45.1 Å². The lowest BCUT2D eigenvalue weighted by atomic mass is 10.3. The molecule has 0 saturated carbocycles. The van der Waals surface area contributed by atoms with Crippen molar-refractivity contribution in [2.75, 3.05) is 13.1 Å². The summed E-state index contributed by atoms with van der Waals surface area (Å²) >= 11 is 11.6. The van der Waals surface area contributed by atoms with Crippen LogP contribution in [0.1, 0.15) is 13.8 Å². The van der Waals surface area contributed by atoms with E-state index in [2.05, 4.69) is 5.32 Å². The third kappa shape index (κ3) is 5.35. The van der Waals surface area contributed by atoms with Crippen LogP contribution in [0.2, 0.25) is 10.0 Å². The molecule has 1 amide bonds. The number of halogens is 2. The van der Waals surface area contributed by atoms with E-state index in [4.69, 9.17) is 28.3 Å². The number of carboxylic acids is 1. The summed E-state index contributed by atoms with van der Waals surface area (Å²) in [4.78, 5) is 21.9. The number of benzene rings is 1. The van der Waals surface area contributed by atoms with Crippen molar-refractivity contribution < 1.29 is 23.1 Å². The Morgan fingerprint density at radius 1 is 1.26 bits per heavy atom. The van der Waals surface area contributed by atoms with Gasteiger partial charge < -0.3 is 10.4 Å². The molecule has 0 aliphatic rings. The van der Waals surface area contributed by atoms with Gasteiger partial charge in [-0.05, 0) is 25.1 Å². The van der Waals surface area contributed by atoms with E-state index in [1.54, 1.807) is 0 Å². The Labute approximate surface area is 144 Å². The normalized spacial score (nSPS) is 12.9. The van der Waals surface area contributed by atoms with Gasteiger partial charge in [-0.15, -0.1) is 0 Å². The number of hydrogen-bond donors (Lipinski definition) is 2. The zero-order valence-corrected chi connectivity index (χ0v) is 14.7. The van der Waals surface area contributed by atoms with Gasteiger partial charge in [0, 0.05) is 30.1 Å². The number of hydrogen-bond acceptors (Lipinski definition) is 4. The minimum Gasteiger partial charge on any atom is -0.480 e. The van der Waals surface area contributed by atoms with E-state index in [1.807, 2.05) is 0 Å². The molecule has 128 valence electrons. The van der Waals surface area contributed by atoms with Crippen molar-refractivity contribution in [1.29, 1.82) is 0 Å². The second kappa shape index (κ2) is 7.96. The Kier molecular flexibility index (Phi) is 6.82. The summed E-state index contributed by atoms with van der Waals surface area (Å²) in [5, 5.41) is 11.8. The minimum atomic E-state index is -4.16. The van der Waals surface area contributed by atoms with Crippen LogP contribution in [-0.2, 0) is 19.6 Å². The van der Waals surface area contributed by atoms with Crippen molar-refractivity contribution in [3.8, 4) is 0 Å². The Hall–Kier alpha value is -1.35. The second-order valence-electron chi connectivity index (χ2n) is 4.72. The first-order chi connectivity index (χ1) is 10.6. The van der Waals surface area contributed by atoms with Crippen molar-refractivity contribution in [1.82, 2.24) is 9.62 Å². The van der Waals surface area contributed by atoms with E-state index < -0.39 is 22.0 Å². The molecule has 1 atom stereocenters. The molecule has 0 fully saturated rings. The molecule has 23 heavy (non-hydrogen) atoms. The number of sulfonamides is 1. The molecule has 0 aliphatic heterocycles. The highest BCUT2D eigenvalue weighted by atomic mass is 35.5. The standard InChI is InChI=1S/C13H16Cl2N2O5S/c1-8(13(19)20)17(4-3-16-9(2)18)23(21,22)12-6-10(14)5-11(15)7-12/h5-8H,3-4H2,1-2H3,(H,16,18)(H,19,20). The van der Waals surface area contributed by atoms with Crippen LogP contribution in [0.3, 0.4) is 0 Å². The SMILES string of the molecule is CC(=O)NCCN(C(C)C(=O)O)S(=O)(=O)c1cc(Cl)cc(Cl)c1. The molecule has 1 rings (SSSR count). The molecule has 1 aromatic carbocycles. The first-order valence-corrected chi connectivity index (χ1v) is 8.70. The van der Waals surface area contributed by atoms with E-state index >= 15 is 0 Å². The molecule has 1 unspecified atom stereocenters. The number of carbonyl (C=O) groups is 2. The van der Waals surface area contributed by atoms with E-state index in [9.17, 15) is 18.0 Å². The predicted octanol–water partition coefficient (Wildman–Crippen LogP) is 1.59. The van der Waals surface area contributed by atoms with Crippen LogP contribution in [0, 0.1) is 0 Å². The maximum atomic E-state index is 12.7. The van der Waals surface area contributed by atoms with Crippen LogP contribution >= 0.6 is 23.2 Å². The highest BCUT2D eigenvalue weighted by Gasteiger charge is 2.33. The molecule has 0 heterocycles. The topological polar surface area (TPSA) is 104 Å². The Morgan fingerprint density at radius 3 is 2.22 bits per heavy atom. The predicted molar refractivity (Wildman–Crippen MR) is 86.1 cm³/mol. The number of rotatable bonds is 7. The number of carboxylic acid groups (broad SMARTS) is 1. The fourth-order valence-corrected chi connectivity index (χ4v) is 4.12. The molecule has 10 heteroatoms.